The molecule has 0 bridgehead atoms. The molecule has 0 aromatic heterocycles. The van der Waals surface area contributed by atoms with E-state index < -0.39 is 0 Å². The minimum Gasteiger partial charge on any atom is -0.457 e. The van der Waals surface area contributed by atoms with Crippen LogP contribution < -0.4 is 0 Å². The lowest BCUT2D eigenvalue weighted by Gasteiger charge is -2.37. The Morgan fingerprint density at radius 1 is 1.21 bits per heavy atom. The summed E-state index contributed by atoms with van der Waals surface area (Å²) in [5, 5.41) is 0. The fraction of sp³-hybridized carbons (Fsp3) is 0.909. The van der Waals surface area contributed by atoms with Crippen LogP contribution in [0.25, 0.3) is 0 Å². The summed E-state index contributed by atoms with van der Waals surface area (Å²) in [4.78, 5) is 10.8. The van der Waals surface area contributed by atoms with Gasteiger partial charge in [0.05, 0.1) is 19.6 Å². The van der Waals surface area contributed by atoms with Gasteiger partial charge in [-0.1, -0.05) is 0 Å². The summed E-state index contributed by atoms with van der Waals surface area (Å²) in [7, 11) is 0. The number of nitrogens with zero attached hydrogens (tertiary/aromatic N) is 1. The lowest BCUT2D eigenvalue weighted by atomic mass is 10.2. The van der Waals surface area contributed by atoms with Crippen LogP contribution in [0, 0.1) is 0 Å². The number of carbonyl (C=O) groups is 1. The maximum absolute atomic E-state index is 10.8. The second kappa shape index (κ2) is 6.02. The molecule has 0 aromatic rings. The van der Waals surface area contributed by atoms with Gasteiger partial charge in [0.15, 0.2) is 0 Å². The fourth-order valence-corrected chi connectivity index (χ4v) is 1.92. The van der Waals surface area contributed by atoms with Crippen LogP contribution >= 0.6 is 0 Å². The number of hydrogen-bond acceptors (Lipinski definition) is 2. The highest BCUT2D eigenvalue weighted by atomic mass is 16.5. The summed E-state index contributed by atoms with van der Waals surface area (Å²) >= 11 is 0. The van der Waals surface area contributed by atoms with E-state index >= 15 is 0 Å². The van der Waals surface area contributed by atoms with Gasteiger partial charge in [0.2, 0.25) is 0 Å². The second-order valence-corrected chi connectivity index (χ2v) is 3.89. The molecule has 1 atom stereocenters. The van der Waals surface area contributed by atoms with E-state index in [1.807, 2.05) is 6.92 Å². The Hall–Kier alpha value is -0.570. The minimum atomic E-state index is -0.182. The molecule has 0 N–H and O–H groups in total. The Kier molecular flexibility index (Phi) is 5.77. The van der Waals surface area contributed by atoms with Gasteiger partial charge < -0.3 is 9.22 Å². The van der Waals surface area contributed by atoms with Crippen LogP contribution in [0.5, 0.6) is 0 Å². The van der Waals surface area contributed by atoms with Crippen LogP contribution in [0.2, 0.25) is 0 Å². The van der Waals surface area contributed by atoms with Gasteiger partial charge in [-0.25, -0.2) is 0 Å². The van der Waals surface area contributed by atoms with Crippen molar-refractivity contribution in [3.8, 4) is 0 Å². The second-order valence-electron chi connectivity index (χ2n) is 3.89. The van der Waals surface area contributed by atoms with Crippen LogP contribution in [0.1, 0.15) is 34.6 Å². The first-order chi connectivity index (χ1) is 6.49. The van der Waals surface area contributed by atoms with E-state index in [2.05, 4.69) is 20.8 Å². The number of likely N-dealkylation sites (N-methyl/N-ethyl adjacent to an activating group) is 1. The molecule has 0 rings (SSSR count). The topological polar surface area (TPSA) is 26.3 Å². The van der Waals surface area contributed by atoms with Crippen molar-refractivity contribution in [3.63, 3.8) is 0 Å². The lowest BCUT2D eigenvalue weighted by Crippen LogP contribution is -2.51. The number of esters is 1. The predicted octanol–water partition coefficient (Wildman–Crippen LogP) is 1.81. The normalized spacial score (nSPS) is 13.8. The third-order valence-corrected chi connectivity index (χ3v) is 3.02. The Labute approximate surface area is 87.6 Å². The Morgan fingerprint density at radius 2 is 1.64 bits per heavy atom. The molecular formula is C11H24NO2+. The van der Waals surface area contributed by atoms with Crippen LogP contribution in [-0.4, -0.2) is 42.7 Å². The van der Waals surface area contributed by atoms with Gasteiger partial charge in [-0.05, 0) is 27.7 Å². The molecule has 14 heavy (non-hydrogen) atoms. The molecular weight excluding hydrogens is 178 g/mol. The molecule has 0 aliphatic carbocycles. The quantitative estimate of drug-likeness (QED) is 0.485. The zero-order valence-corrected chi connectivity index (χ0v) is 10.2. The molecule has 3 nitrogen and oxygen atoms in total. The first kappa shape index (κ1) is 13.4. The first-order valence-corrected chi connectivity index (χ1v) is 5.52. The third-order valence-electron chi connectivity index (χ3n) is 3.02. The summed E-state index contributed by atoms with van der Waals surface area (Å²) in [5.74, 6) is -0.182. The maximum atomic E-state index is 10.8. The van der Waals surface area contributed by atoms with Crippen molar-refractivity contribution in [1.29, 1.82) is 0 Å². The van der Waals surface area contributed by atoms with Gasteiger partial charge in [-0.15, -0.1) is 0 Å². The third kappa shape index (κ3) is 4.09. The summed E-state index contributed by atoms with van der Waals surface area (Å²) in [6.45, 7) is 14.2. The molecule has 0 aromatic carbocycles. The number of rotatable bonds is 6. The van der Waals surface area contributed by atoms with Gasteiger partial charge in [0.25, 0.3) is 0 Å². The van der Waals surface area contributed by atoms with Crippen LogP contribution in [0.15, 0.2) is 0 Å². The van der Waals surface area contributed by atoms with Crippen molar-refractivity contribution in [2.75, 3.05) is 26.2 Å². The standard InChI is InChI=1S/C11H24NO2/c1-6-12(7-2,8-3)9-10(4)14-11(5)13/h10H,6-9H2,1-5H3/q+1. The molecule has 1 unspecified atom stereocenters. The van der Waals surface area contributed by atoms with E-state index in [0.717, 1.165) is 30.7 Å². The van der Waals surface area contributed by atoms with E-state index in [9.17, 15) is 4.79 Å². The molecule has 3 heteroatoms. The van der Waals surface area contributed by atoms with Crippen LogP contribution in [0.3, 0.4) is 0 Å². The molecule has 0 fully saturated rings. The van der Waals surface area contributed by atoms with Gasteiger partial charge in [0.1, 0.15) is 12.6 Å². The zero-order chi connectivity index (χ0) is 11.2. The predicted molar refractivity (Wildman–Crippen MR) is 58.0 cm³/mol. The Bertz CT molecular complexity index is 168. The van der Waals surface area contributed by atoms with E-state index in [1.54, 1.807) is 0 Å². The average Bonchev–Trinajstić information content (AvgIpc) is 2.13. The van der Waals surface area contributed by atoms with Crippen molar-refractivity contribution in [2.45, 2.75) is 40.7 Å². The molecule has 0 radical (unpaired) electrons. The maximum Gasteiger partial charge on any atom is 0.303 e. The first-order valence-electron chi connectivity index (χ1n) is 5.52. The van der Waals surface area contributed by atoms with Crippen molar-refractivity contribution in [3.05, 3.63) is 0 Å². The molecule has 0 aliphatic rings. The molecule has 0 spiro atoms. The minimum absolute atomic E-state index is 0.0207. The van der Waals surface area contributed by atoms with Crippen molar-refractivity contribution in [1.82, 2.24) is 0 Å². The number of carbonyl (C=O) groups excluding carboxylic acids is 1. The highest BCUT2D eigenvalue weighted by Gasteiger charge is 2.24. The molecule has 0 saturated carbocycles. The van der Waals surface area contributed by atoms with Gasteiger partial charge >= 0.3 is 5.97 Å². The van der Waals surface area contributed by atoms with Crippen molar-refractivity contribution < 1.29 is 14.0 Å². The monoisotopic (exact) mass is 202 g/mol. The molecule has 84 valence electrons. The van der Waals surface area contributed by atoms with E-state index in [-0.39, 0.29) is 12.1 Å². The highest BCUT2D eigenvalue weighted by Crippen LogP contribution is 2.09. The smallest absolute Gasteiger partial charge is 0.303 e. The van der Waals surface area contributed by atoms with Crippen molar-refractivity contribution >= 4 is 5.97 Å². The fourth-order valence-electron chi connectivity index (χ4n) is 1.92. The largest absolute Gasteiger partial charge is 0.457 e. The van der Waals surface area contributed by atoms with E-state index in [0.29, 0.717) is 0 Å². The van der Waals surface area contributed by atoms with Gasteiger partial charge in [-0.3, -0.25) is 4.79 Å². The SMILES string of the molecule is CC[N+](CC)(CC)CC(C)OC(C)=O. The lowest BCUT2D eigenvalue weighted by molar-refractivity contribution is -0.925. The van der Waals surface area contributed by atoms with E-state index in [4.69, 9.17) is 4.74 Å². The highest BCUT2D eigenvalue weighted by molar-refractivity contribution is 5.66. The summed E-state index contributed by atoms with van der Waals surface area (Å²) in [6, 6.07) is 0. The summed E-state index contributed by atoms with van der Waals surface area (Å²) < 4.78 is 6.18. The number of ether oxygens (including phenoxy) is 1. The molecule has 0 aliphatic heterocycles. The van der Waals surface area contributed by atoms with Crippen molar-refractivity contribution in [2.24, 2.45) is 0 Å². The van der Waals surface area contributed by atoms with Crippen LogP contribution in [0.4, 0.5) is 0 Å². The molecule has 0 amide bonds. The number of quaternary nitrogens is 1. The van der Waals surface area contributed by atoms with Gasteiger partial charge in [-0.2, -0.15) is 0 Å². The Morgan fingerprint density at radius 3 is 1.93 bits per heavy atom. The van der Waals surface area contributed by atoms with E-state index in [1.165, 1.54) is 6.92 Å². The zero-order valence-electron chi connectivity index (χ0n) is 10.2. The van der Waals surface area contributed by atoms with Crippen LogP contribution in [-0.2, 0) is 9.53 Å². The van der Waals surface area contributed by atoms with Gasteiger partial charge in [0, 0.05) is 6.92 Å². The molecule has 0 heterocycles. The summed E-state index contributed by atoms with van der Waals surface area (Å²) in [6.07, 6.45) is 0.0207. The summed E-state index contributed by atoms with van der Waals surface area (Å²) in [5.41, 5.74) is 0. The molecule has 0 saturated heterocycles. The Balaban J connectivity index is 4.21. The number of hydrogen-bond donors (Lipinski definition) is 0. The average molecular weight is 202 g/mol.